The molecule has 0 aromatic rings. The molecule has 76 valence electrons. The highest BCUT2D eigenvalue weighted by molar-refractivity contribution is 5.86. The number of carbonyl (C=O) groups is 2. The van der Waals surface area contributed by atoms with E-state index in [1.807, 2.05) is 0 Å². The molecule has 0 bridgehead atoms. The number of ketones is 1. The quantitative estimate of drug-likeness (QED) is 0.658. The first-order chi connectivity index (χ1) is 5.79. The van der Waals surface area contributed by atoms with Gasteiger partial charge in [-0.15, -0.1) is 0 Å². The molecule has 0 heterocycles. The number of Topliss-reactive ketones (excluding diaryl/α,β-unsaturated/α-hetero) is 1. The molecule has 0 aromatic heterocycles. The molecular weight excluding hydrogens is 174 g/mol. The van der Waals surface area contributed by atoms with Gasteiger partial charge in [-0.3, -0.25) is 4.79 Å². The lowest BCUT2D eigenvalue weighted by molar-refractivity contribution is -0.124. The molecule has 0 aliphatic carbocycles. The predicted molar refractivity (Wildman–Crippen MR) is 46.3 cm³/mol. The number of hydrogen-bond acceptors (Lipinski definition) is 4. The van der Waals surface area contributed by atoms with Gasteiger partial charge >= 0.3 is 6.09 Å². The van der Waals surface area contributed by atoms with E-state index in [1.54, 1.807) is 0 Å². The second-order valence-corrected chi connectivity index (χ2v) is 3.33. The van der Waals surface area contributed by atoms with E-state index in [2.05, 4.69) is 10.1 Å². The molecule has 13 heavy (non-hydrogen) atoms. The number of hydrogen-bond donors (Lipinski definition) is 2. The Hall–Kier alpha value is -1.10. The van der Waals surface area contributed by atoms with Gasteiger partial charge in [0.25, 0.3) is 0 Å². The van der Waals surface area contributed by atoms with E-state index in [9.17, 15) is 14.7 Å². The fourth-order valence-corrected chi connectivity index (χ4v) is 0.952. The predicted octanol–water partition coefficient (Wildman–Crippen LogP) is 0.0709. The van der Waals surface area contributed by atoms with Crippen LogP contribution in [-0.4, -0.2) is 35.7 Å². The molecule has 0 rings (SSSR count). The molecule has 0 radical (unpaired) electrons. The van der Waals surface area contributed by atoms with Gasteiger partial charge in [-0.25, -0.2) is 4.79 Å². The highest BCUT2D eigenvalue weighted by Crippen LogP contribution is 2.09. The zero-order valence-electron chi connectivity index (χ0n) is 8.25. The first kappa shape index (κ1) is 11.9. The maximum Gasteiger partial charge on any atom is 0.407 e. The third kappa shape index (κ3) is 3.89. The summed E-state index contributed by atoms with van der Waals surface area (Å²) in [6.45, 7) is 4.17. The van der Waals surface area contributed by atoms with Gasteiger partial charge in [0.1, 0.15) is 6.04 Å². The van der Waals surface area contributed by atoms with Crippen LogP contribution in [-0.2, 0) is 9.53 Å². The molecule has 0 fully saturated rings. The number of nitrogens with one attached hydrogen (secondary N) is 1. The highest BCUT2D eigenvalue weighted by Gasteiger charge is 2.32. The maximum absolute atomic E-state index is 11.0. The number of alkyl carbamates (subject to hydrolysis) is 1. The van der Waals surface area contributed by atoms with Crippen molar-refractivity contribution in [1.29, 1.82) is 0 Å². The smallest absolute Gasteiger partial charge is 0.407 e. The van der Waals surface area contributed by atoms with Crippen molar-refractivity contribution < 1.29 is 19.4 Å². The van der Waals surface area contributed by atoms with Gasteiger partial charge < -0.3 is 15.2 Å². The third-order valence-corrected chi connectivity index (χ3v) is 1.56. The van der Waals surface area contributed by atoms with Crippen LogP contribution in [0, 0.1) is 0 Å². The Bertz CT molecular complexity index is 207. The minimum absolute atomic E-state index is 0.321. The van der Waals surface area contributed by atoms with Crippen molar-refractivity contribution in [3.05, 3.63) is 0 Å². The van der Waals surface area contributed by atoms with Gasteiger partial charge in [0.05, 0.1) is 12.7 Å². The topological polar surface area (TPSA) is 75.6 Å². The molecule has 0 aromatic carbocycles. The van der Waals surface area contributed by atoms with Crippen LogP contribution in [0.2, 0.25) is 0 Å². The molecule has 1 atom stereocenters. The number of ether oxygens (including phenoxy) is 1. The molecule has 0 aliphatic heterocycles. The normalized spacial score (nSPS) is 13.3. The molecule has 0 spiro atoms. The van der Waals surface area contributed by atoms with Gasteiger partial charge in [-0.2, -0.15) is 0 Å². The number of aliphatic hydroxyl groups is 1. The SMILES string of the molecule is COC(=O)NC(C(C)=O)C(C)(C)O. The van der Waals surface area contributed by atoms with Crippen molar-refractivity contribution in [2.24, 2.45) is 0 Å². The molecule has 2 N–H and O–H groups in total. The number of carbonyl (C=O) groups excluding carboxylic acids is 2. The summed E-state index contributed by atoms with van der Waals surface area (Å²) in [7, 11) is 1.19. The van der Waals surface area contributed by atoms with E-state index >= 15 is 0 Å². The van der Waals surface area contributed by atoms with E-state index in [1.165, 1.54) is 27.9 Å². The Labute approximate surface area is 77.1 Å². The first-order valence-electron chi connectivity index (χ1n) is 3.86. The summed E-state index contributed by atoms with van der Waals surface area (Å²) in [5.41, 5.74) is -1.29. The molecule has 0 saturated carbocycles. The Morgan fingerprint density at radius 2 is 1.92 bits per heavy atom. The van der Waals surface area contributed by atoms with Crippen molar-refractivity contribution in [3.63, 3.8) is 0 Å². The fraction of sp³-hybridized carbons (Fsp3) is 0.750. The van der Waals surface area contributed by atoms with Gasteiger partial charge in [0.15, 0.2) is 5.78 Å². The lowest BCUT2D eigenvalue weighted by atomic mass is 9.96. The lowest BCUT2D eigenvalue weighted by Crippen LogP contribution is -2.53. The van der Waals surface area contributed by atoms with Crippen molar-refractivity contribution in [3.8, 4) is 0 Å². The Balaban J connectivity index is 4.46. The molecule has 1 amide bonds. The van der Waals surface area contributed by atoms with Crippen LogP contribution in [0.25, 0.3) is 0 Å². The monoisotopic (exact) mass is 189 g/mol. The van der Waals surface area contributed by atoms with Crippen LogP contribution < -0.4 is 5.32 Å². The van der Waals surface area contributed by atoms with E-state index < -0.39 is 17.7 Å². The molecule has 5 heteroatoms. The summed E-state index contributed by atoms with van der Waals surface area (Å²) in [5.74, 6) is -0.321. The molecule has 1 unspecified atom stereocenters. The van der Waals surface area contributed by atoms with Gasteiger partial charge in [0.2, 0.25) is 0 Å². The lowest BCUT2D eigenvalue weighted by Gasteiger charge is -2.27. The van der Waals surface area contributed by atoms with E-state index in [0.717, 1.165) is 0 Å². The zero-order chi connectivity index (χ0) is 10.6. The second kappa shape index (κ2) is 4.23. The molecule has 0 saturated heterocycles. The van der Waals surface area contributed by atoms with Crippen molar-refractivity contribution in [2.75, 3.05) is 7.11 Å². The van der Waals surface area contributed by atoms with Crippen molar-refractivity contribution in [1.82, 2.24) is 5.32 Å². The number of rotatable bonds is 3. The number of amides is 1. The average Bonchev–Trinajstić information content (AvgIpc) is 1.96. The maximum atomic E-state index is 11.0. The van der Waals surface area contributed by atoms with Crippen LogP contribution in [0.5, 0.6) is 0 Å². The first-order valence-corrected chi connectivity index (χ1v) is 3.86. The largest absolute Gasteiger partial charge is 0.453 e. The van der Waals surface area contributed by atoms with Gasteiger partial charge in [-0.05, 0) is 20.8 Å². The van der Waals surface area contributed by atoms with Crippen LogP contribution in [0.4, 0.5) is 4.79 Å². The van der Waals surface area contributed by atoms with Crippen molar-refractivity contribution in [2.45, 2.75) is 32.4 Å². The minimum Gasteiger partial charge on any atom is -0.453 e. The summed E-state index contributed by atoms with van der Waals surface area (Å²) < 4.78 is 4.31. The summed E-state index contributed by atoms with van der Waals surface area (Å²) in [5, 5.41) is 11.7. The van der Waals surface area contributed by atoms with E-state index in [4.69, 9.17) is 0 Å². The third-order valence-electron chi connectivity index (χ3n) is 1.56. The zero-order valence-corrected chi connectivity index (χ0v) is 8.25. The van der Waals surface area contributed by atoms with Crippen molar-refractivity contribution >= 4 is 11.9 Å². The van der Waals surface area contributed by atoms with Crippen LogP contribution in [0.1, 0.15) is 20.8 Å². The fourth-order valence-electron chi connectivity index (χ4n) is 0.952. The van der Waals surface area contributed by atoms with E-state index in [-0.39, 0.29) is 5.78 Å². The standard InChI is InChI=1S/C8H15NO4/c1-5(10)6(8(2,3)12)9-7(11)13-4/h6,12H,1-4H3,(H,9,11). The summed E-state index contributed by atoms with van der Waals surface area (Å²) in [6.07, 6.45) is -0.734. The van der Waals surface area contributed by atoms with Gasteiger partial charge in [0, 0.05) is 0 Å². The van der Waals surface area contributed by atoms with Gasteiger partial charge in [-0.1, -0.05) is 0 Å². The highest BCUT2D eigenvalue weighted by atomic mass is 16.5. The number of methoxy groups -OCH3 is 1. The summed E-state index contributed by atoms with van der Waals surface area (Å²) in [6, 6.07) is -0.944. The average molecular weight is 189 g/mol. The van der Waals surface area contributed by atoms with Crippen LogP contribution in [0.15, 0.2) is 0 Å². The molecule has 5 nitrogen and oxygen atoms in total. The Morgan fingerprint density at radius 3 is 2.15 bits per heavy atom. The Kier molecular flexibility index (Phi) is 3.87. The second-order valence-electron chi connectivity index (χ2n) is 3.33. The minimum atomic E-state index is -1.29. The van der Waals surface area contributed by atoms with E-state index in [0.29, 0.717) is 0 Å². The van der Waals surface area contributed by atoms with Crippen LogP contribution >= 0.6 is 0 Å². The van der Waals surface area contributed by atoms with Crippen LogP contribution in [0.3, 0.4) is 0 Å². The summed E-state index contributed by atoms with van der Waals surface area (Å²) in [4.78, 5) is 21.8. The summed E-state index contributed by atoms with van der Waals surface area (Å²) >= 11 is 0. The molecule has 0 aliphatic rings. The molecular formula is C8H15NO4. The Morgan fingerprint density at radius 1 is 1.46 bits per heavy atom.